The molecule has 0 atom stereocenters. The van der Waals surface area contributed by atoms with Crippen LogP contribution in [0.2, 0.25) is 10.0 Å². The summed E-state index contributed by atoms with van der Waals surface area (Å²) in [4.78, 5) is 0. The van der Waals surface area contributed by atoms with Gasteiger partial charge in [-0.05, 0) is 12.1 Å². The number of halogens is 9. The number of hydrogen-bond acceptors (Lipinski definition) is 2. The van der Waals surface area contributed by atoms with Crippen LogP contribution in [-0.2, 0) is 6.18 Å². The standard InChI is InChI=1S/C14H5Cl2F7N2/c15-6-2-1-5(7(16)3-6)4-24-25-13-11(19)9(17)8(14(21,22)23)10(18)12(13)20/h1-4,25H. The fourth-order valence-corrected chi connectivity index (χ4v) is 2.21. The van der Waals surface area contributed by atoms with Crippen LogP contribution >= 0.6 is 23.2 Å². The molecule has 0 aliphatic heterocycles. The van der Waals surface area contributed by atoms with Crippen LogP contribution in [0.1, 0.15) is 11.1 Å². The molecule has 0 bridgehead atoms. The Morgan fingerprint density at radius 3 is 1.96 bits per heavy atom. The molecule has 0 amide bonds. The number of benzene rings is 2. The van der Waals surface area contributed by atoms with Crippen LogP contribution in [-0.4, -0.2) is 6.21 Å². The Balaban J connectivity index is 2.39. The quantitative estimate of drug-likeness (QED) is 0.288. The minimum absolute atomic E-state index is 0.101. The highest BCUT2D eigenvalue weighted by Crippen LogP contribution is 2.38. The molecule has 1 N–H and O–H groups in total. The Morgan fingerprint density at radius 1 is 0.920 bits per heavy atom. The van der Waals surface area contributed by atoms with E-state index in [1.165, 1.54) is 18.2 Å². The molecule has 0 saturated heterocycles. The summed E-state index contributed by atoms with van der Waals surface area (Å²) in [6, 6.07) is 4.10. The summed E-state index contributed by atoms with van der Waals surface area (Å²) in [5, 5.41) is 3.69. The number of nitrogens with zero attached hydrogens (tertiary/aromatic N) is 1. The van der Waals surface area contributed by atoms with Crippen LogP contribution in [0.5, 0.6) is 0 Å². The van der Waals surface area contributed by atoms with Crippen LogP contribution < -0.4 is 5.43 Å². The third kappa shape index (κ3) is 3.98. The lowest BCUT2D eigenvalue weighted by molar-refractivity contribution is -0.143. The summed E-state index contributed by atoms with van der Waals surface area (Å²) in [6.07, 6.45) is -4.69. The summed E-state index contributed by atoms with van der Waals surface area (Å²) in [7, 11) is 0. The Labute approximate surface area is 145 Å². The molecule has 134 valence electrons. The van der Waals surface area contributed by atoms with Crippen molar-refractivity contribution in [3.8, 4) is 0 Å². The Hall–Kier alpha value is -2.00. The van der Waals surface area contributed by atoms with Gasteiger partial charge in [0.05, 0.1) is 11.2 Å². The van der Waals surface area contributed by atoms with Crippen molar-refractivity contribution >= 4 is 35.1 Å². The van der Waals surface area contributed by atoms with E-state index in [1.807, 2.05) is 0 Å². The molecular weight excluding hydrogens is 400 g/mol. The van der Waals surface area contributed by atoms with Gasteiger partial charge >= 0.3 is 6.18 Å². The van der Waals surface area contributed by atoms with E-state index in [9.17, 15) is 30.7 Å². The number of hydrogen-bond donors (Lipinski definition) is 1. The van der Waals surface area contributed by atoms with Gasteiger partial charge in [0.2, 0.25) is 0 Å². The van der Waals surface area contributed by atoms with Crippen molar-refractivity contribution in [2.75, 3.05) is 5.43 Å². The molecule has 0 saturated carbocycles. The van der Waals surface area contributed by atoms with Gasteiger partial charge in [0, 0.05) is 10.6 Å². The van der Waals surface area contributed by atoms with Crippen molar-refractivity contribution in [1.29, 1.82) is 0 Å². The van der Waals surface area contributed by atoms with E-state index in [-0.39, 0.29) is 10.6 Å². The number of alkyl halides is 3. The molecule has 0 fully saturated rings. The predicted molar refractivity (Wildman–Crippen MR) is 79.0 cm³/mol. The normalized spacial score (nSPS) is 12.0. The topological polar surface area (TPSA) is 24.4 Å². The van der Waals surface area contributed by atoms with Gasteiger partial charge in [0.15, 0.2) is 23.3 Å². The average molecular weight is 405 g/mol. The lowest BCUT2D eigenvalue weighted by Crippen LogP contribution is -2.16. The summed E-state index contributed by atoms with van der Waals surface area (Å²) in [5.41, 5.74) is -2.37. The molecule has 2 nitrogen and oxygen atoms in total. The monoisotopic (exact) mass is 404 g/mol. The highest BCUT2D eigenvalue weighted by Gasteiger charge is 2.42. The van der Waals surface area contributed by atoms with Crippen molar-refractivity contribution in [3.63, 3.8) is 0 Å². The molecule has 2 aromatic rings. The lowest BCUT2D eigenvalue weighted by atomic mass is 10.1. The first-order chi connectivity index (χ1) is 11.5. The first-order valence-corrected chi connectivity index (χ1v) is 6.97. The van der Waals surface area contributed by atoms with Gasteiger partial charge in [0.1, 0.15) is 11.3 Å². The zero-order chi connectivity index (χ0) is 18.9. The minimum atomic E-state index is -5.62. The maximum Gasteiger partial charge on any atom is 0.422 e. The van der Waals surface area contributed by atoms with Crippen molar-refractivity contribution in [2.45, 2.75) is 6.18 Å². The highest BCUT2D eigenvalue weighted by atomic mass is 35.5. The van der Waals surface area contributed by atoms with Crippen LogP contribution in [0, 0.1) is 23.3 Å². The van der Waals surface area contributed by atoms with Crippen molar-refractivity contribution in [2.24, 2.45) is 5.10 Å². The number of anilines is 1. The number of hydrazone groups is 1. The second kappa shape index (κ2) is 7.09. The fourth-order valence-electron chi connectivity index (χ4n) is 1.75. The Morgan fingerprint density at radius 2 is 1.48 bits per heavy atom. The number of nitrogens with one attached hydrogen (secondary N) is 1. The molecule has 25 heavy (non-hydrogen) atoms. The maximum atomic E-state index is 13.6. The summed E-state index contributed by atoms with van der Waals surface area (Å²) >= 11 is 11.5. The Bertz CT molecular complexity index is 821. The predicted octanol–water partition coefficient (Wildman–Crippen LogP) is 6.01. The van der Waals surface area contributed by atoms with Crippen LogP contribution in [0.3, 0.4) is 0 Å². The molecule has 11 heteroatoms. The van der Waals surface area contributed by atoms with Gasteiger partial charge in [-0.25, -0.2) is 17.6 Å². The third-order valence-corrected chi connectivity index (χ3v) is 3.45. The SMILES string of the molecule is Fc1c(F)c(C(F)(F)F)c(F)c(F)c1NN=Cc1ccc(Cl)cc1Cl. The molecule has 2 aromatic carbocycles. The first kappa shape index (κ1) is 19.3. The third-order valence-electron chi connectivity index (χ3n) is 2.89. The highest BCUT2D eigenvalue weighted by molar-refractivity contribution is 6.36. The van der Waals surface area contributed by atoms with E-state index in [1.54, 1.807) is 5.43 Å². The van der Waals surface area contributed by atoms with Crippen LogP contribution in [0.4, 0.5) is 36.4 Å². The largest absolute Gasteiger partial charge is 0.422 e. The molecule has 0 spiro atoms. The van der Waals surface area contributed by atoms with E-state index in [4.69, 9.17) is 23.2 Å². The van der Waals surface area contributed by atoms with Gasteiger partial charge in [-0.1, -0.05) is 29.3 Å². The van der Waals surface area contributed by atoms with Crippen LogP contribution in [0.25, 0.3) is 0 Å². The van der Waals surface area contributed by atoms with Gasteiger partial charge in [-0.3, -0.25) is 5.43 Å². The van der Waals surface area contributed by atoms with Gasteiger partial charge in [-0.15, -0.1) is 0 Å². The molecular formula is C14H5Cl2F7N2. The second-order valence-electron chi connectivity index (χ2n) is 4.54. The summed E-state index contributed by atoms with van der Waals surface area (Å²) in [5.74, 6) is -9.72. The van der Waals surface area contributed by atoms with Gasteiger partial charge in [0.25, 0.3) is 0 Å². The van der Waals surface area contributed by atoms with E-state index >= 15 is 0 Å². The fraction of sp³-hybridized carbons (Fsp3) is 0.0714. The average Bonchev–Trinajstić information content (AvgIpc) is 2.49. The van der Waals surface area contributed by atoms with Crippen molar-refractivity contribution < 1.29 is 30.7 Å². The molecule has 0 aliphatic rings. The Kier molecular flexibility index (Phi) is 5.48. The van der Waals surface area contributed by atoms with E-state index in [0.717, 1.165) is 6.21 Å². The zero-order valence-corrected chi connectivity index (χ0v) is 13.2. The first-order valence-electron chi connectivity index (χ1n) is 6.21. The molecule has 0 aromatic heterocycles. The minimum Gasteiger partial charge on any atom is -0.272 e. The second-order valence-corrected chi connectivity index (χ2v) is 5.38. The lowest BCUT2D eigenvalue weighted by Gasteiger charge is -2.13. The molecule has 0 unspecified atom stereocenters. The van der Waals surface area contributed by atoms with Crippen LogP contribution in [0.15, 0.2) is 23.3 Å². The molecule has 2 rings (SSSR count). The van der Waals surface area contributed by atoms with Crippen molar-refractivity contribution in [1.82, 2.24) is 0 Å². The summed E-state index contributed by atoms with van der Waals surface area (Å²) in [6.45, 7) is 0. The zero-order valence-electron chi connectivity index (χ0n) is 11.7. The van der Waals surface area contributed by atoms with E-state index < -0.39 is 40.7 Å². The smallest absolute Gasteiger partial charge is 0.272 e. The molecule has 0 aliphatic carbocycles. The van der Waals surface area contributed by atoms with Gasteiger partial charge in [-0.2, -0.15) is 18.3 Å². The van der Waals surface area contributed by atoms with Gasteiger partial charge < -0.3 is 0 Å². The van der Waals surface area contributed by atoms with E-state index in [0.29, 0.717) is 5.02 Å². The van der Waals surface area contributed by atoms with Crippen molar-refractivity contribution in [3.05, 3.63) is 62.6 Å². The molecule has 0 radical (unpaired) electrons. The van der Waals surface area contributed by atoms with E-state index in [2.05, 4.69) is 5.10 Å². The maximum absolute atomic E-state index is 13.6. The number of rotatable bonds is 3. The summed E-state index contributed by atoms with van der Waals surface area (Å²) < 4.78 is 91.5. The molecule has 0 heterocycles.